The maximum absolute atomic E-state index is 2.26. The predicted octanol–water partition coefficient (Wildman–Crippen LogP) is 5.18. The van der Waals surface area contributed by atoms with Crippen molar-refractivity contribution in [3.05, 3.63) is 107 Å². The second-order valence-electron chi connectivity index (χ2n) is 5.64. The van der Waals surface area contributed by atoms with Gasteiger partial charge in [0.2, 0.25) is 0 Å². The van der Waals surface area contributed by atoms with Crippen LogP contribution >= 0.6 is 0 Å². The maximum Gasteiger partial charge on any atom is -0.00257 e. The molecule has 0 fully saturated rings. The molecule has 0 bridgehead atoms. The van der Waals surface area contributed by atoms with Gasteiger partial charge in [0.05, 0.1) is 0 Å². The van der Waals surface area contributed by atoms with Gasteiger partial charge in [0.15, 0.2) is 0 Å². The number of rotatable bonds is 4. The maximum atomic E-state index is 2.26. The molecule has 0 aliphatic rings. The van der Waals surface area contributed by atoms with Gasteiger partial charge in [0.25, 0.3) is 0 Å². The number of aryl methyl sites for hydroxylation is 1. The van der Waals surface area contributed by atoms with Crippen LogP contribution in [0.25, 0.3) is 0 Å². The lowest BCUT2D eigenvalue weighted by Crippen LogP contribution is -1.91. The molecule has 0 radical (unpaired) electrons. The lowest BCUT2D eigenvalue weighted by atomic mass is 10.00. The van der Waals surface area contributed by atoms with Crippen LogP contribution in [0.5, 0.6) is 0 Å². The fraction of sp³-hybridized carbons (Fsp3) is 0.143. The molecule has 0 nitrogen and oxygen atoms in total. The topological polar surface area (TPSA) is 0 Å². The van der Waals surface area contributed by atoms with E-state index in [-0.39, 0.29) is 0 Å². The van der Waals surface area contributed by atoms with Gasteiger partial charge in [-0.25, -0.2) is 0 Å². The van der Waals surface area contributed by atoms with E-state index in [9.17, 15) is 0 Å². The first kappa shape index (κ1) is 13.6. The van der Waals surface area contributed by atoms with Gasteiger partial charge in [0.1, 0.15) is 0 Å². The highest BCUT2D eigenvalue weighted by Gasteiger charge is 1.99. The monoisotopic (exact) mass is 272 g/mol. The van der Waals surface area contributed by atoms with E-state index in [0.717, 1.165) is 12.8 Å². The molecule has 3 aromatic carbocycles. The highest BCUT2D eigenvalue weighted by molar-refractivity contribution is 5.32. The van der Waals surface area contributed by atoms with Crippen molar-refractivity contribution in [1.29, 1.82) is 0 Å². The highest BCUT2D eigenvalue weighted by Crippen LogP contribution is 2.14. The molecule has 0 heteroatoms. The van der Waals surface area contributed by atoms with Crippen molar-refractivity contribution in [1.82, 2.24) is 0 Å². The summed E-state index contributed by atoms with van der Waals surface area (Å²) in [6.07, 6.45) is 2.01. The van der Waals surface area contributed by atoms with E-state index in [1.54, 1.807) is 0 Å². The SMILES string of the molecule is Cc1cccc(Cc2ccc(Cc3ccccc3)cc2)c1. The Bertz CT molecular complexity index is 694. The van der Waals surface area contributed by atoms with E-state index in [1.807, 2.05) is 0 Å². The smallest absolute Gasteiger partial charge is 0.00257 e. The molecular formula is C21H20. The van der Waals surface area contributed by atoms with Gasteiger partial charge in [-0.2, -0.15) is 0 Å². The van der Waals surface area contributed by atoms with E-state index in [2.05, 4.69) is 85.8 Å². The van der Waals surface area contributed by atoms with Crippen molar-refractivity contribution in [2.75, 3.05) is 0 Å². The van der Waals surface area contributed by atoms with Crippen molar-refractivity contribution in [3.63, 3.8) is 0 Å². The first-order valence-electron chi connectivity index (χ1n) is 7.47. The molecule has 0 N–H and O–H groups in total. The Labute approximate surface area is 127 Å². The Morgan fingerprint density at radius 3 is 1.67 bits per heavy atom. The second kappa shape index (κ2) is 6.41. The third kappa shape index (κ3) is 3.82. The van der Waals surface area contributed by atoms with Gasteiger partial charge in [-0.3, -0.25) is 0 Å². The van der Waals surface area contributed by atoms with Crippen molar-refractivity contribution < 1.29 is 0 Å². The molecule has 0 saturated heterocycles. The largest absolute Gasteiger partial charge is 0.0622 e. The normalized spacial score (nSPS) is 10.5. The number of benzene rings is 3. The van der Waals surface area contributed by atoms with Gasteiger partial charge in [0, 0.05) is 0 Å². The molecule has 21 heavy (non-hydrogen) atoms. The van der Waals surface area contributed by atoms with E-state index in [1.165, 1.54) is 27.8 Å². The quantitative estimate of drug-likeness (QED) is 0.614. The van der Waals surface area contributed by atoms with Gasteiger partial charge >= 0.3 is 0 Å². The van der Waals surface area contributed by atoms with Crippen molar-refractivity contribution >= 4 is 0 Å². The average Bonchev–Trinajstić information content (AvgIpc) is 2.50. The predicted molar refractivity (Wildman–Crippen MR) is 89.7 cm³/mol. The Kier molecular flexibility index (Phi) is 4.16. The summed E-state index contributed by atoms with van der Waals surface area (Å²) in [6, 6.07) is 28.4. The summed E-state index contributed by atoms with van der Waals surface area (Å²) in [6.45, 7) is 2.15. The van der Waals surface area contributed by atoms with Crippen LogP contribution in [0.15, 0.2) is 78.9 Å². The minimum Gasteiger partial charge on any atom is -0.0622 e. The van der Waals surface area contributed by atoms with Crippen molar-refractivity contribution in [2.24, 2.45) is 0 Å². The van der Waals surface area contributed by atoms with E-state index in [4.69, 9.17) is 0 Å². The molecule has 104 valence electrons. The van der Waals surface area contributed by atoms with Crippen molar-refractivity contribution in [2.45, 2.75) is 19.8 Å². The van der Waals surface area contributed by atoms with Gasteiger partial charge in [-0.1, -0.05) is 84.4 Å². The van der Waals surface area contributed by atoms with Gasteiger partial charge in [-0.15, -0.1) is 0 Å². The van der Waals surface area contributed by atoms with Crippen LogP contribution in [-0.4, -0.2) is 0 Å². The van der Waals surface area contributed by atoms with E-state index in [0.29, 0.717) is 0 Å². The number of hydrogen-bond acceptors (Lipinski definition) is 0. The Balaban J connectivity index is 1.69. The zero-order valence-corrected chi connectivity index (χ0v) is 12.4. The van der Waals surface area contributed by atoms with E-state index >= 15 is 0 Å². The zero-order valence-electron chi connectivity index (χ0n) is 12.4. The van der Waals surface area contributed by atoms with Crippen LogP contribution in [-0.2, 0) is 12.8 Å². The molecular weight excluding hydrogens is 252 g/mol. The highest BCUT2D eigenvalue weighted by atomic mass is 14.0. The Morgan fingerprint density at radius 2 is 1.05 bits per heavy atom. The second-order valence-corrected chi connectivity index (χ2v) is 5.64. The van der Waals surface area contributed by atoms with Gasteiger partial charge in [-0.05, 0) is 42.0 Å². The minimum atomic E-state index is 1.01. The molecule has 0 amide bonds. The molecule has 0 unspecified atom stereocenters. The lowest BCUT2D eigenvalue weighted by molar-refractivity contribution is 1.15. The molecule has 0 aromatic heterocycles. The molecule has 3 rings (SSSR count). The summed E-state index contributed by atoms with van der Waals surface area (Å²) in [7, 11) is 0. The van der Waals surface area contributed by atoms with Crippen LogP contribution in [0.1, 0.15) is 27.8 Å². The summed E-state index contributed by atoms with van der Waals surface area (Å²) in [5.74, 6) is 0. The number of hydrogen-bond donors (Lipinski definition) is 0. The lowest BCUT2D eigenvalue weighted by Gasteiger charge is -2.06. The summed E-state index contributed by atoms with van der Waals surface area (Å²) in [5.41, 5.74) is 6.81. The zero-order chi connectivity index (χ0) is 14.5. The van der Waals surface area contributed by atoms with Crippen LogP contribution in [0.2, 0.25) is 0 Å². The summed E-state index contributed by atoms with van der Waals surface area (Å²) < 4.78 is 0. The fourth-order valence-electron chi connectivity index (χ4n) is 2.66. The average molecular weight is 272 g/mol. The summed E-state index contributed by atoms with van der Waals surface area (Å²) >= 11 is 0. The standard InChI is InChI=1S/C21H20/c1-17-6-5-9-21(14-17)16-20-12-10-19(11-13-20)15-18-7-3-2-4-8-18/h2-14H,15-16H2,1H3. The first-order valence-corrected chi connectivity index (χ1v) is 7.47. The van der Waals surface area contributed by atoms with Crippen molar-refractivity contribution in [3.8, 4) is 0 Å². The van der Waals surface area contributed by atoms with Crippen LogP contribution in [0, 0.1) is 6.92 Å². The van der Waals surface area contributed by atoms with Crippen LogP contribution < -0.4 is 0 Å². The molecule has 3 aromatic rings. The molecule has 0 spiro atoms. The Hall–Kier alpha value is -2.34. The fourth-order valence-corrected chi connectivity index (χ4v) is 2.66. The van der Waals surface area contributed by atoms with E-state index < -0.39 is 0 Å². The Morgan fingerprint density at radius 1 is 0.524 bits per heavy atom. The first-order chi connectivity index (χ1) is 10.3. The third-order valence-corrected chi connectivity index (χ3v) is 3.76. The third-order valence-electron chi connectivity index (χ3n) is 3.76. The molecule has 0 aliphatic carbocycles. The summed E-state index contributed by atoms with van der Waals surface area (Å²) in [4.78, 5) is 0. The van der Waals surface area contributed by atoms with Gasteiger partial charge < -0.3 is 0 Å². The summed E-state index contributed by atoms with van der Waals surface area (Å²) in [5, 5.41) is 0. The van der Waals surface area contributed by atoms with Crippen LogP contribution in [0.3, 0.4) is 0 Å². The van der Waals surface area contributed by atoms with Crippen LogP contribution in [0.4, 0.5) is 0 Å². The molecule has 0 saturated carbocycles. The molecule has 0 heterocycles. The minimum absolute atomic E-state index is 1.01. The molecule has 0 aliphatic heterocycles. The molecule has 0 atom stereocenters.